The molecule has 2 aromatic rings. The van der Waals surface area contributed by atoms with E-state index in [2.05, 4.69) is 24.4 Å². The number of urea groups is 1. The van der Waals surface area contributed by atoms with Gasteiger partial charge < -0.3 is 24.8 Å². The highest BCUT2D eigenvalue weighted by Gasteiger charge is 2.18. The van der Waals surface area contributed by atoms with Gasteiger partial charge in [0.15, 0.2) is 6.10 Å². The standard InChI is InChI=1S/C29H40N2O5/c1-3-5-6-7-17-31(29(34)30-25-14-13-23-9-8-10-24(23)21-25)18-19-36-26-15-11-22(12-16-26)20-27(28(32)33)35-4-2/h11-16,21,27H,3-10,17-20H2,1-2H3,(H,30,34)(H,32,33). The summed E-state index contributed by atoms with van der Waals surface area (Å²) in [6.45, 7) is 5.86. The molecule has 0 bridgehead atoms. The quantitative estimate of drug-likeness (QED) is 0.309. The van der Waals surface area contributed by atoms with Crippen LogP contribution in [0.3, 0.4) is 0 Å². The third kappa shape index (κ3) is 8.55. The number of carboxylic acid groups (broad SMARTS) is 1. The lowest BCUT2D eigenvalue weighted by Crippen LogP contribution is -2.38. The molecular weight excluding hydrogens is 456 g/mol. The van der Waals surface area contributed by atoms with Gasteiger partial charge >= 0.3 is 12.0 Å². The van der Waals surface area contributed by atoms with Gasteiger partial charge in [-0.05, 0) is 73.6 Å². The smallest absolute Gasteiger partial charge is 0.333 e. The summed E-state index contributed by atoms with van der Waals surface area (Å²) in [6, 6.07) is 13.5. The molecule has 1 unspecified atom stereocenters. The molecule has 196 valence electrons. The van der Waals surface area contributed by atoms with Gasteiger partial charge in [-0.1, -0.05) is 44.4 Å². The number of aryl methyl sites for hydroxylation is 2. The molecule has 0 saturated carbocycles. The molecule has 0 fully saturated rings. The number of fused-ring (bicyclic) bond motifs is 1. The molecule has 7 nitrogen and oxygen atoms in total. The van der Waals surface area contributed by atoms with E-state index in [9.17, 15) is 14.7 Å². The Morgan fingerprint density at radius 1 is 1.00 bits per heavy atom. The Hall–Kier alpha value is -3.06. The van der Waals surface area contributed by atoms with Crippen molar-refractivity contribution in [2.45, 2.75) is 71.3 Å². The van der Waals surface area contributed by atoms with Crippen molar-refractivity contribution >= 4 is 17.7 Å². The van der Waals surface area contributed by atoms with Crippen molar-refractivity contribution in [1.82, 2.24) is 4.90 Å². The van der Waals surface area contributed by atoms with E-state index >= 15 is 0 Å². The van der Waals surface area contributed by atoms with E-state index in [4.69, 9.17) is 9.47 Å². The Morgan fingerprint density at radius 3 is 2.50 bits per heavy atom. The van der Waals surface area contributed by atoms with Crippen LogP contribution in [0.1, 0.15) is 62.6 Å². The molecule has 0 saturated heterocycles. The van der Waals surface area contributed by atoms with Crippen LogP contribution in [0, 0.1) is 0 Å². The Kier molecular flexibility index (Phi) is 11.1. The molecule has 1 atom stereocenters. The predicted octanol–water partition coefficient (Wildman–Crippen LogP) is 5.70. The van der Waals surface area contributed by atoms with Gasteiger partial charge in [-0.2, -0.15) is 0 Å². The number of hydrogen-bond donors (Lipinski definition) is 2. The fourth-order valence-corrected chi connectivity index (χ4v) is 4.52. The minimum atomic E-state index is -0.964. The molecule has 36 heavy (non-hydrogen) atoms. The van der Waals surface area contributed by atoms with Crippen LogP contribution in [0.4, 0.5) is 10.5 Å². The largest absolute Gasteiger partial charge is 0.492 e. The van der Waals surface area contributed by atoms with E-state index in [0.717, 1.165) is 49.8 Å². The van der Waals surface area contributed by atoms with Crippen LogP contribution in [-0.2, 0) is 28.8 Å². The summed E-state index contributed by atoms with van der Waals surface area (Å²) < 4.78 is 11.2. The van der Waals surface area contributed by atoms with E-state index in [1.54, 1.807) is 6.92 Å². The van der Waals surface area contributed by atoms with Crippen molar-refractivity contribution < 1.29 is 24.2 Å². The van der Waals surface area contributed by atoms with E-state index in [1.807, 2.05) is 35.2 Å². The topological polar surface area (TPSA) is 88.1 Å². The number of hydrogen-bond acceptors (Lipinski definition) is 4. The van der Waals surface area contributed by atoms with Crippen LogP contribution in [0.15, 0.2) is 42.5 Å². The van der Waals surface area contributed by atoms with Crippen LogP contribution in [-0.4, -0.2) is 54.4 Å². The Bertz CT molecular complexity index is 976. The summed E-state index contributed by atoms with van der Waals surface area (Å²) in [4.78, 5) is 26.2. The van der Waals surface area contributed by atoms with Crippen molar-refractivity contribution in [1.29, 1.82) is 0 Å². The number of aliphatic carboxylic acids is 1. The van der Waals surface area contributed by atoms with Crippen LogP contribution >= 0.6 is 0 Å². The molecular formula is C29H40N2O5. The first-order valence-electron chi connectivity index (χ1n) is 13.2. The van der Waals surface area contributed by atoms with Crippen molar-refractivity contribution in [3.05, 3.63) is 59.2 Å². The Balaban J connectivity index is 1.53. The van der Waals surface area contributed by atoms with Gasteiger partial charge in [0, 0.05) is 25.3 Å². The fourth-order valence-electron chi connectivity index (χ4n) is 4.52. The maximum atomic E-state index is 13.1. The summed E-state index contributed by atoms with van der Waals surface area (Å²) in [6.07, 6.45) is 7.21. The zero-order chi connectivity index (χ0) is 25.8. The monoisotopic (exact) mass is 496 g/mol. The maximum Gasteiger partial charge on any atom is 0.333 e. The maximum absolute atomic E-state index is 13.1. The Morgan fingerprint density at radius 2 is 1.78 bits per heavy atom. The normalized spacial score (nSPS) is 13.2. The summed E-state index contributed by atoms with van der Waals surface area (Å²) >= 11 is 0. The first-order valence-corrected chi connectivity index (χ1v) is 13.2. The van der Waals surface area contributed by atoms with Crippen LogP contribution in [0.25, 0.3) is 0 Å². The van der Waals surface area contributed by atoms with Crippen molar-refractivity contribution in [2.75, 3.05) is 31.6 Å². The molecule has 2 N–H and O–H groups in total. The zero-order valence-corrected chi connectivity index (χ0v) is 21.6. The summed E-state index contributed by atoms with van der Waals surface area (Å²) in [7, 11) is 0. The number of nitrogens with one attached hydrogen (secondary N) is 1. The zero-order valence-electron chi connectivity index (χ0n) is 21.6. The molecule has 2 aromatic carbocycles. The highest BCUT2D eigenvalue weighted by Crippen LogP contribution is 2.25. The second kappa shape index (κ2) is 14.5. The number of nitrogens with zero attached hydrogens (tertiary/aromatic N) is 1. The molecule has 0 heterocycles. The van der Waals surface area contributed by atoms with Crippen LogP contribution < -0.4 is 10.1 Å². The van der Waals surface area contributed by atoms with E-state index in [1.165, 1.54) is 17.5 Å². The number of ether oxygens (including phenoxy) is 2. The molecule has 2 amide bonds. The highest BCUT2D eigenvalue weighted by atomic mass is 16.5. The minimum absolute atomic E-state index is 0.0981. The van der Waals surface area contributed by atoms with Gasteiger partial charge in [-0.15, -0.1) is 0 Å². The van der Waals surface area contributed by atoms with Crippen molar-refractivity contribution in [3.63, 3.8) is 0 Å². The number of rotatable bonds is 15. The number of carbonyl (C=O) groups excluding carboxylic acids is 1. The van der Waals surface area contributed by atoms with E-state index in [-0.39, 0.29) is 6.03 Å². The van der Waals surface area contributed by atoms with Gasteiger partial charge in [0.2, 0.25) is 0 Å². The number of unbranched alkanes of at least 4 members (excludes halogenated alkanes) is 3. The van der Waals surface area contributed by atoms with Gasteiger partial charge in [-0.25, -0.2) is 9.59 Å². The van der Waals surface area contributed by atoms with Crippen molar-refractivity contribution in [3.8, 4) is 5.75 Å². The number of amides is 2. The molecule has 0 aliphatic heterocycles. The predicted molar refractivity (Wildman–Crippen MR) is 142 cm³/mol. The van der Waals surface area contributed by atoms with Crippen LogP contribution in [0.2, 0.25) is 0 Å². The average molecular weight is 497 g/mol. The SMILES string of the molecule is CCCCCCN(CCOc1ccc(CC(OCC)C(=O)O)cc1)C(=O)Nc1ccc2c(c1)CCC2. The van der Waals surface area contributed by atoms with Gasteiger partial charge in [0.05, 0.1) is 6.54 Å². The van der Waals surface area contributed by atoms with Gasteiger partial charge in [0.25, 0.3) is 0 Å². The lowest BCUT2D eigenvalue weighted by atomic mass is 10.1. The first-order chi connectivity index (χ1) is 17.5. The molecule has 1 aliphatic carbocycles. The number of benzene rings is 2. The second-order valence-electron chi connectivity index (χ2n) is 9.29. The lowest BCUT2D eigenvalue weighted by Gasteiger charge is -2.23. The Labute approximate surface area is 214 Å². The lowest BCUT2D eigenvalue weighted by molar-refractivity contribution is -0.149. The summed E-state index contributed by atoms with van der Waals surface area (Å²) in [5.74, 6) is -0.277. The average Bonchev–Trinajstić information content (AvgIpc) is 3.34. The second-order valence-corrected chi connectivity index (χ2v) is 9.29. The summed E-state index contributed by atoms with van der Waals surface area (Å²) in [5, 5.41) is 12.3. The number of carboxylic acids is 1. The number of carbonyl (C=O) groups is 2. The first kappa shape index (κ1) is 27.5. The van der Waals surface area contributed by atoms with E-state index < -0.39 is 12.1 Å². The molecule has 1 aliphatic rings. The van der Waals surface area contributed by atoms with Gasteiger partial charge in [-0.3, -0.25) is 0 Å². The van der Waals surface area contributed by atoms with Crippen LogP contribution in [0.5, 0.6) is 5.75 Å². The van der Waals surface area contributed by atoms with Gasteiger partial charge in [0.1, 0.15) is 12.4 Å². The highest BCUT2D eigenvalue weighted by molar-refractivity contribution is 5.89. The molecule has 7 heteroatoms. The fraction of sp³-hybridized carbons (Fsp3) is 0.517. The third-order valence-electron chi connectivity index (χ3n) is 6.54. The summed E-state index contributed by atoms with van der Waals surface area (Å²) in [5.41, 5.74) is 4.45. The molecule has 0 spiro atoms. The molecule has 0 radical (unpaired) electrons. The minimum Gasteiger partial charge on any atom is -0.492 e. The number of anilines is 1. The van der Waals surface area contributed by atoms with E-state index in [0.29, 0.717) is 38.5 Å². The molecule has 0 aromatic heterocycles. The van der Waals surface area contributed by atoms with Crippen molar-refractivity contribution in [2.24, 2.45) is 0 Å². The molecule has 3 rings (SSSR count). The third-order valence-corrected chi connectivity index (χ3v) is 6.54.